The topological polar surface area (TPSA) is 42.2 Å². The van der Waals surface area contributed by atoms with Crippen LogP contribution < -0.4 is 5.32 Å². The Balaban J connectivity index is 1.93. The lowest BCUT2D eigenvalue weighted by Gasteiger charge is -2.08. The van der Waals surface area contributed by atoms with Crippen LogP contribution in [0.25, 0.3) is 5.65 Å². The summed E-state index contributed by atoms with van der Waals surface area (Å²) in [6.07, 6.45) is 9.32. The molecule has 0 aromatic carbocycles. The van der Waals surface area contributed by atoms with Gasteiger partial charge in [-0.2, -0.15) is 0 Å². The maximum atomic E-state index is 4.43. The average molecular weight is 311 g/mol. The highest BCUT2D eigenvalue weighted by molar-refractivity contribution is 9.10. The van der Waals surface area contributed by atoms with Crippen molar-refractivity contribution in [3.8, 4) is 0 Å². The van der Waals surface area contributed by atoms with Gasteiger partial charge < -0.3 is 9.72 Å². The van der Waals surface area contributed by atoms with Crippen LogP contribution in [0.2, 0.25) is 0 Å². The normalized spacial score (nSPS) is 11.3. The zero-order chi connectivity index (χ0) is 13.0. The van der Waals surface area contributed by atoms with Gasteiger partial charge in [0.15, 0.2) is 11.5 Å². The molecule has 4 nitrogen and oxygen atoms in total. The van der Waals surface area contributed by atoms with Crippen molar-refractivity contribution >= 4 is 27.4 Å². The van der Waals surface area contributed by atoms with E-state index in [4.69, 9.17) is 0 Å². The molecule has 2 heterocycles. The fraction of sp³-hybridized carbons (Fsp3) is 0.538. The SMILES string of the molecule is CC(C)CCCCNc1nc(Br)cn2ccnc12. The first-order valence-electron chi connectivity index (χ1n) is 6.40. The van der Waals surface area contributed by atoms with Gasteiger partial charge >= 0.3 is 0 Å². The number of halogens is 1. The van der Waals surface area contributed by atoms with Gasteiger partial charge in [-0.3, -0.25) is 0 Å². The lowest BCUT2D eigenvalue weighted by molar-refractivity contribution is 0.544. The third-order valence-corrected chi connectivity index (χ3v) is 3.23. The first kappa shape index (κ1) is 13.3. The van der Waals surface area contributed by atoms with Crippen LogP contribution in [0, 0.1) is 5.92 Å². The Morgan fingerprint density at radius 3 is 3.00 bits per heavy atom. The third-order valence-electron chi connectivity index (χ3n) is 2.85. The van der Waals surface area contributed by atoms with Gasteiger partial charge in [-0.1, -0.05) is 26.7 Å². The Morgan fingerprint density at radius 2 is 2.22 bits per heavy atom. The largest absolute Gasteiger partial charge is 0.367 e. The van der Waals surface area contributed by atoms with Crippen LogP contribution in [0.1, 0.15) is 33.1 Å². The molecule has 0 aliphatic rings. The number of hydrogen-bond donors (Lipinski definition) is 1. The monoisotopic (exact) mass is 310 g/mol. The highest BCUT2D eigenvalue weighted by Crippen LogP contribution is 2.17. The summed E-state index contributed by atoms with van der Waals surface area (Å²) in [5.41, 5.74) is 0.877. The summed E-state index contributed by atoms with van der Waals surface area (Å²) in [5.74, 6) is 1.63. The van der Waals surface area contributed by atoms with E-state index in [0.717, 1.165) is 28.5 Å². The zero-order valence-corrected chi connectivity index (χ0v) is 12.4. The van der Waals surface area contributed by atoms with E-state index in [1.807, 2.05) is 16.8 Å². The molecule has 1 N–H and O–H groups in total. The highest BCUT2D eigenvalue weighted by atomic mass is 79.9. The Kier molecular flexibility index (Phi) is 4.58. The summed E-state index contributed by atoms with van der Waals surface area (Å²) in [4.78, 5) is 8.73. The lowest BCUT2D eigenvalue weighted by atomic mass is 10.1. The number of aromatic nitrogens is 3. The summed E-state index contributed by atoms with van der Waals surface area (Å²) < 4.78 is 2.78. The molecule has 0 radical (unpaired) electrons. The summed E-state index contributed by atoms with van der Waals surface area (Å²) in [7, 11) is 0. The summed E-state index contributed by atoms with van der Waals surface area (Å²) in [6.45, 7) is 5.47. The van der Waals surface area contributed by atoms with Crippen molar-refractivity contribution in [2.75, 3.05) is 11.9 Å². The minimum atomic E-state index is 0.785. The standard InChI is InChI=1S/C13H19BrN4/c1-10(2)5-3-4-6-15-12-13-16-7-8-18(13)9-11(14)17-12/h7-10H,3-6H2,1-2H3,(H,15,17). The Bertz CT molecular complexity index is 507. The smallest absolute Gasteiger partial charge is 0.180 e. The van der Waals surface area contributed by atoms with E-state index >= 15 is 0 Å². The molecule has 0 fully saturated rings. The van der Waals surface area contributed by atoms with Crippen LogP contribution in [-0.4, -0.2) is 20.9 Å². The highest BCUT2D eigenvalue weighted by Gasteiger charge is 2.05. The van der Waals surface area contributed by atoms with E-state index in [0.29, 0.717) is 0 Å². The van der Waals surface area contributed by atoms with Crippen molar-refractivity contribution in [1.82, 2.24) is 14.4 Å². The van der Waals surface area contributed by atoms with Gasteiger partial charge in [0.2, 0.25) is 0 Å². The molecule has 0 atom stereocenters. The van der Waals surface area contributed by atoms with Crippen LogP contribution in [-0.2, 0) is 0 Å². The maximum absolute atomic E-state index is 4.43. The molecule has 2 aromatic rings. The Hall–Kier alpha value is -1.10. The summed E-state index contributed by atoms with van der Waals surface area (Å²) in [5, 5.41) is 3.36. The van der Waals surface area contributed by atoms with Crippen LogP contribution in [0.4, 0.5) is 5.82 Å². The number of rotatable bonds is 6. The predicted octanol–water partition coefficient (Wildman–Crippen LogP) is 3.73. The molecule has 5 heteroatoms. The molecule has 0 unspecified atom stereocenters. The van der Waals surface area contributed by atoms with E-state index in [2.05, 4.69) is 45.1 Å². The first-order valence-corrected chi connectivity index (χ1v) is 7.19. The van der Waals surface area contributed by atoms with Crippen LogP contribution in [0.3, 0.4) is 0 Å². The average Bonchev–Trinajstić information content (AvgIpc) is 2.75. The molecule has 2 rings (SSSR count). The summed E-state index contributed by atoms with van der Waals surface area (Å²) >= 11 is 3.41. The van der Waals surface area contributed by atoms with Gasteiger partial charge in [-0.25, -0.2) is 9.97 Å². The van der Waals surface area contributed by atoms with Gasteiger partial charge in [0.05, 0.1) is 0 Å². The molecule has 18 heavy (non-hydrogen) atoms. The molecule has 0 saturated heterocycles. The lowest BCUT2D eigenvalue weighted by Crippen LogP contribution is -2.06. The molecular weight excluding hydrogens is 292 g/mol. The zero-order valence-electron chi connectivity index (χ0n) is 10.9. The quantitative estimate of drug-likeness (QED) is 0.827. The minimum absolute atomic E-state index is 0.785. The summed E-state index contributed by atoms with van der Waals surface area (Å²) in [6, 6.07) is 0. The van der Waals surface area contributed by atoms with Crippen molar-refractivity contribution in [2.24, 2.45) is 5.92 Å². The molecule has 0 bridgehead atoms. The number of imidazole rings is 1. The number of unbranched alkanes of at least 4 members (excludes halogenated alkanes) is 1. The van der Waals surface area contributed by atoms with Gasteiger partial charge in [0, 0.05) is 25.1 Å². The number of nitrogens with one attached hydrogen (secondary N) is 1. The maximum Gasteiger partial charge on any atom is 0.180 e. The van der Waals surface area contributed by atoms with Gasteiger partial charge in [-0.15, -0.1) is 0 Å². The van der Waals surface area contributed by atoms with Gasteiger partial charge in [0.1, 0.15) is 4.60 Å². The molecule has 0 amide bonds. The second kappa shape index (κ2) is 6.18. The van der Waals surface area contributed by atoms with E-state index in [9.17, 15) is 0 Å². The molecule has 0 aliphatic heterocycles. The van der Waals surface area contributed by atoms with Crippen LogP contribution in [0.15, 0.2) is 23.2 Å². The second-order valence-corrected chi connectivity index (χ2v) is 5.70. The number of hydrogen-bond acceptors (Lipinski definition) is 3. The molecular formula is C13H19BrN4. The molecule has 0 saturated carbocycles. The Morgan fingerprint density at radius 1 is 1.39 bits per heavy atom. The fourth-order valence-electron chi connectivity index (χ4n) is 1.90. The van der Waals surface area contributed by atoms with Crippen LogP contribution in [0.5, 0.6) is 0 Å². The van der Waals surface area contributed by atoms with E-state index in [1.54, 1.807) is 6.20 Å². The molecule has 2 aromatic heterocycles. The van der Waals surface area contributed by atoms with Crippen molar-refractivity contribution in [3.05, 3.63) is 23.2 Å². The van der Waals surface area contributed by atoms with Gasteiger partial charge in [-0.05, 0) is 28.3 Å². The van der Waals surface area contributed by atoms with E-state index in [-0.39, 0.29) is 0 Å². The van der Waals surface area contributed by atoms with Crippen molar-refractivity contribution < 1.29 is 0 Å². The van der Waals surface area contributed by atoms with Crippen molar-refractivity contribution in [1.29, 1.82) is 0 Å². The number of fused-ring (bicyclic) bond motifs is 1. The number of anilines is 1. The minimum Gasteiger partial charge on any atom is -0.367 e. The Labute approximate surface area is 116 Å². The van der Waals surface area contributed by atoms with Crippen molar-refractivity contribution in [2.45, 2.75) is 33.1 Å². The van der Waals surface area contributed by atoms with E-state index in [1.165, 1.54) is 19.3 Å². The molecule has 0 aliphatic carbocycles. The fourth-order valence-corrected chi connectivity index (χ4v) is 2.30. The molecule has 98 valence electrons. The van der Waals surface area contributed by atoms with Crippen molar-refractivity contribution in [3.63, 3.8) is 0 Å². The molecule has 0 spiro atoms. The predicted molar refractivity (Wildman–Crippen MR) is 77.9 cm³/mol. The first-order chi connectivity index (χ1) is 8.66. The van der Waals surface area contributed by atoms with E-state index < -0.39 is 0 Å². The third kappa shape index (κ3) is 3.45. The number of nitrogens with zero attached hydrogens (tertiary/aromatic N) is 3. The van der Waals surface area contributed by atoms with Gasteiger partial charge in [0.25, 0.3) is 0 Å². The second-order valence-electron chi connectivity index (χ2n) is 4.89. The van der Waals surface area contributed by atoms with Crippen LogP contribution >= 0.6 is 15.9 Å².